The lowest BCUT2D eigenvalue weighted by molar-refractivity contribution is 0.0943. The molecule has 6 heteroatoms. The number of benzene rings is 4. The van der Waals surface area contributed by atoms with E-state index in [0.717, 1.165) is 33.4 Å². The van der Waals surface area contributed by atoms with Crippen LogP contribution in [0.5, 0.6) is 0 Å². The molecule has 1 N–H and O–H groups in total. The van der Waals surface area contributed by atoms with Gasteiger partial charge in [-0.05, 0) is 66.8 Å². The van der Waals surface area contributed by atoms with E-state index in [1.54, 1.807) is 12.1 Å². The number of amides is 1. The molecule has 0 spiro atoms. The monoisotopic (exact) mass is 512 g/mol. The zero-order valence-corrected chi connectivity index (χ0v) is 22.4. The van der Waals surface area contributed by atoms with Gasteiger partial charge in [0.25, 0.3) is 5.91 Å². The van der Waals surface area contributed by atoms with Crippen molar-refractivity contribution in [1.29, 1.82) is 0 Å². The number of hydrogen-bond donors (Lipinski definition) is 1. The Morgan fingerprint density at radius 3 is 2.08 bits per heavy atom. The minimum absolute atomic E-state index is 0.182. The van der Waals surface area contributed by atoms with Crippen molar-refractivity contribution in [1.82, 2.24) is 5.32 Å². The van der Waals surface area contributed by atoms with Crippen molar-refractivity contribution in [3.8, 4) is 0 Å². The van der Waals surface area contributed by atoms with E-state index in [1.807, 2.05) is 99.6 Å². The van der Waals surface area contributed by atoms with Crippen LogP contribution in [0.3, 0.4) is 0 Å². The molecule has 37 heavy (non-hydrogen) atoms. The summed E-state index contributed by atoms with van der Waals surface area (Å²) < 4.78 is 26.7. The van der Waals surface area contributed by atoms with Crippen LogP contribution >= 0.6 is 0 Å². The molecule has 0 heterocycles. The van der Waals surface area contributed by atoms with Crippen molar-refractivity contribution < 1.29 is 13.2 Å². The SMILES string of the molecule is Cc1cccc([C@H](NC(=O)c2ccc(CN(c3cc(C)ccc3C)S(C)(=O)=O)cc2)c2ccccc2)c1. The second-order valence-corrected chi connectivity index (χ2v) is 11.4. The Kier molecular flexibility index (Phi) is 7.79. The molecule has 4 aromatic rings. The highest BCUT2D eigenvalue weighted by molar-refractivity contribution is 7.92. The smallest absolute Gasteiger partial charge is 0.252 e. The Balaban J connectivity index is 1.57. The summed E-state index contributed by atoms with van der Waals surface area (Å²) >= 11 is 0. The fraction of sp³-hybridized carbons (Fsp3) is 0.194. The number of nitrogens with zero attached hydrogens (tertiary/aromatic N) is 1. The Morgan fingerprint density at radius 2 is 1.43 bits per heavy atom. The molecule has 5 nitrogen and oxygen atoms in total. The summed E-state index contributed by atoms with van der Waals surface area (Å²) in [4.78, 5) is 13.3. The summed E-state index contributed by atoms with van der Waals surface area (Å²) in [5, 5.41) is 3.17. The average Bonchev–Trinajstić information content (AvgIpc) is 2.87. The van der Waals surface area contributed by atoms with Gasteiger partial charge in [0.05, 0.1) is 24.5 Å². The molecule has 0 aliphatic rings. The first-order valence-corrected chi connectivity index (χ1v) is 14.0. The molecule has 0 aliphatic carbocycles. The summed E-state index contributed by atoms with van der Waals surface area (Å²) in [5.74, 6) is -0.198. The number of anilines is 1. The van der Waals surface area contributed by atoms with Gasteiger partial charge in [-0.25, -0.2) is 8.42 Å². The highest BCUT2D eigenvalue weighted by atomic mass is 32.2. The topological polar surface area (TPSA) is 66.5 Å². The molecule has 0 fully saturated rings. The van der Waals surface area contributed by atoms with Crippen molar-refractivity contribution in [2.75, 3.05) is 10.6 Å². The minimum Gasteiger partial charge on any atom is -0.341 e. The van der Waals surface area contributed by atoms with Crippen LogP contribution in [0.4, 0.5) is 5.69 Å². The maximum Gasteiger partial charge on any atom is 0.252 e. The molecule has 1 atom stereocenters. The van der Waals surface area contributed by atoms with Crippen molar-refractivity contribution >= 4 is 21.6 Å². The van der Waals surface area contributed by atoms with Gasteiger partial charge in [0.15, 0.2) is 0 Å². The highest BCUT2D eigenvalue weighted by Crippen LogP contribution is 2.27. The highest BCUT2D eigenvalue weighted by Gasteiger charge is 2.21. The van der Waals surface area contributed by atoms with Gasteiger partial charge in [-0.2, -0.15) is 0 Å². The van der Waals surface area contributed by atoms with E-state index in [1.165, 1.54) is 10.6 Å². The Bertz CT molecular complexity index is 1500. The van der Waals surface area contributed by atoms with Crippen molar-refractivity contribution in [2.45, 2.75) is 33.4 Å². The number of aryl methyl sites for hydroxylation is 3. The lowest BCUT2D eigenvalue weighted by Crippen LogP contribution is -2.30. The normalized spacial score (nSPS) is 12.1. The van der Waals surface area contributed by atoms with Gasteiger partial charge in [0.1, 0.15) is 0 Å². The molecule has 0 aromatic heterocycles. The molecule has 0 aliphatic heterocycles. The predicted octanol–water partition coefficient (Wildman–Crippen LogP) is 6.10. The van der Waals surface area contributed by atoms with E-state index in [-0.39, 0.29) is 18.5 Å². The van der Waals surface area contributed by atoms with Crippen LogP contribution in [0.2, 0.25) is 0 Å². The number of carbonyl (C=O) groups is 1. The quantitative estimate of drug-likeness (QED) is 0.310. The van der Waals surface area contributed by atoms with Gasteiger partial charge in [0, 0.05) is 5.56 Å². The van der Waals surface area contributed by atoms with Crippen LogP contribution in [0.15, 0.2) is 97.1 Å². The molecule has 1 amide bonds. The minimum atomic E-state index is -3.51. The zero-order chi connectivity index (χ0) is 26.6. The lowest BCUT2D eigenvalue weighted by Gasteiger charge is -2.25. The molecule has 0 saturated heterocycles. The first kappa shape index (κ1) is 26.2. The fourth-order valence-corrected chi connectivity index (χ4v) is 5.30. The van der Waals surface area contributed by atoms with Gasteiger partial charge in [-0.15, -0.1) is 0 Å². The number of hydrogen-bond acceptors (Lipinski definition) is 3. The summed E-state index contributed by atoms with van der Waals surface area (Å²) in [5.41, 5.74) is 6.96. The van der Waals surface area contributed by atoms with E-state index < -0.39 is 10.0 Å². The van der Waals surface area contributed by atoms with Crippen LogP contribution in [0.25, 0.3) is 0 Å². The van der Waals surface area contributed by atoms with Crippen molar-refractivity contribution in [2.24, 2.45) is 0 Å². The van der Waals surface area contributed by atoms with Gasteiger partial charge in [-0.1, -0.05) is 84.4 Å². The second-order valence-electron chi connectivity index (χ2n) is 9.49. The number of nitrogens with one attached hydrogen (secondary N) is 1. The maximum atomic E-state index is 13.3. The van der Waals surface area contributed by atoms with Gasteiger partial charge in [0.2, 0.25) is 10.0 Å². The largest absolute Gasteiger partial charge is 0.341 e. The molecule has 4 rings (SSSR count). The van der Waals surface area contributed by atoms with Crippen molar-refractivity contribution in [3.63, 3.8) is 0 Å². The fourth-order valence-electron chi connectivity index (χ4n) is 4.37. The zero-order valence-electron chi connectivity index (χ0n) is 21.6. The van der Waals surface area contributed by atoms with E-state index >= 15 is 0 Å². The molecular formula is C31H32N2O3S. The van der Waals surface area contributed by atoms with E-state index in [4.69, 9.17) is 0 Å². The maximum absolute atomic E-state index is 13.3. The van der Waals surface area contributed by atoms with Crippen LogP contribution in [-0.2, 0) is 16.6 Å². The summed E-state index contributed by atoms with van der Waals surface area (Å²) in [6, 6.07) is 30.6. The van der Waals surface area contributed by atoms with Crippen LogP contribution in [0.1, 0.15) is 49.8 Å². The van der Waals surface area contributed by atoms with Crippen LogP contribution in [0, 0.1) is 20.8 Å². The molecular weight excluding hydrogens is 480 g/mol. The van der Waals surface area contributed by atoms with Crippen molar-refractivity contribution in [3.05, 3.63) is 136 Å². The van der Waals surface area contributed by atoms with Crippen LogP contribution < -0.4 is 9.62 Å². The Hall–Kier alpha value is -3.90. The lowest BCUT2D eigenvalue weighted by atomic mass is 9.97. The standard InChI is InChI=1S/C31H32N2O3S/c1-22-9-8-12-28(19-22)30(26-10-6-5-7-11-26)32-31(34)27-17-15-25(16-18-27)21-33(37(4,35)36)29-20-23(2)13-14-24(29)3/h5-20,30H,21H2,1-4H3,(H,32,34)/t30-/m1/s1. The average molecular weight is 513 g/mol. The third-order valence-electron chi connectivity index (χ3n) is 6.36. The summed E-state index contributed by atoms with van der Waals surface area (Å²) in [7, 11) is -3.51. The molecule has 4 aromatic carbocycles. The van der Waals surface area contributed by atoms with E-state index in [2.05, 4.69) is 11.4 Å². The van der Waals surface area contributed by atoms with Crippen LogP contribution in [-0.4, -0.2) is 20.6 Å². The third-order valence-corrected chi connectivity index (χ3v) is 7.49. The van der Waals surface area contributed by atoms with Gasteiger partial charge < -0.3 is 5.32 Å². The van der Waals surface area contributed by atoms with E-state index in [0.29, 0.717) is 11.3 Å². The Morgan fingerprint density at radius 1 is 0.784 bits per heavy atom. The molecule has 0 radical (unpaired) electrons. The number of carbonyl (C=O) groups excluding carboxylic acids is 1. The second kappa shape index (κ2) is 11.0. The van der Waals surface area contributed by atoms with E-state index in [9.17, 15) is 13.2 Å². The summed E-state index contributed by atoms with van der Waals surface area (Å²) in [6.07, 6.45) is 1.21. The molecule has 190 valence electrons. The predicted molar refractivity (Wildman–Crippen MR) is 150 cm³/mol. The van der Waals surface area contributed by atoms with Gasteiger partial charge in [-0.3, -0.25) is 9.10 Å². The number of sulfonamides is 1. The first-order chi connectivity index (χ1) is 17.6. The molecule has 0 unspecified atom stereocenters. The Labute approximate surface area is 219 Å². The first-order valence-electron chi connectivity index (χ1n) is 12.2. The molecule has 0 bridgehead atoms. The summed E-state index contributed by atoms with van der Waals surface area (Å²) in [6.45, 7) is 6.05. The molecule has 0 saturated carbocycles. The number of rotatable bonds is 8. The van der Waals surface area contributed by atoms with Gasteiger partial charge >= 0.3 is 0 Å². The third kappa shape index (κ3) is 6.46.